The topological polar surface area (TPSA) is 72.1 Å². The van der Waals surface area contributed by atoms with E-state index in [2.05, 4.69) is 38.5 Å². The molecule has 5 rings (SSSR count). The maximum atomic E-state index is 12.5. The number of nitrogens with one attached hydrogen (secondary N) is 2. The first-order chi connectivity index (χ1) is 18.2. The molecule has 0 aromatic heterocycles. The summed E-state index contributed by atoms with van der Waals surface area (Å²) in [6, 6.07) is 15.3. The zero-order valence-electron chi connectivity index (χ0n) is 21.0. The van der Waals surface area contributed by atoms with Gasteiger partial charge in [0.1, 0.15) is 5.75 Å². The Balaban J connectivity index is 1.21. The lowest BCUT2D eigenvalue weighted by Gasteiger charge is -2.41. The fourth-order valence-electron chi connectivity index (χ4n) is 5.15. The normalized spacial score (nSPS) is 16.5. The quantitative estimate of drug-likeness (QED) is 0.438. The molecule has 0 fully saturated rings. The van der Waals surface area contributed by atoms with E-state index in [4.69, 9.17) is 9.47 Å². The van der Waals surface area contributed by atoms with E-state index in [0.717, 1.165) is 37.4 Å². The Bertz CT molecular complexity index is 1330. The standard InChI is InChI=1S/C28H28F3N3O4/c1-36-25-13-19-9-10-34-16-20-11-21(6-5-18(20)12-24(34)23(19)14-26(25)37-2)33-27(35)32-15-17-3-7-22(8-4-17)38-28(29,30)31/h3-8,11,13-14,24H,9-10,12,15-16H2,1-2H3,(H2,32,33,35)/t24-/m1/s1. The molecule has 7 nitrogen and oxygen atoms in total. The Morgan fingerprint density at radius 1 is 0.974 bits per heavy atom. The van der Waals surface area contributed by atoms with Crippen LogP contribution in [0.4, 0.5) is 23.7 Å². The molecular weight excluding hydrogens is 499 g/mol. The number of halogens is 3. The molecule has 3 aromatic rings. The fourth-order valence-corrected chi connectivity index (χ4v) is 5.15. The zero-order valence-corrected chi connectivity index (χ0v) is 21.0. The first-order valence-electron chi connectivity index (χ1n) is 12.2. The molecule has 2 heterocycles. The minimum Gasteiger partial charge on any atom is -0.493 e. The van der Waals surface area contributed by atoms with Crippen LogP contribution in [0.15, 0.2) is 54.6 Å². The second kappa shape index (κ2) is 10.4. The second-order valence-corrected chi connectivity index (χ2v) is 9.33. The van der Waals surface area contributed by atoms with Crippen LogP contribution in [0.25, 0.3) is 0 Å². The van der Waals surface area contributed by atoms with Gasteiger partial charge >= 0.3 is 12.4 Å². The van der Waals surface area contributed by atoms with Crippen molar-refractivity contribution in [1.82, 2.24) is 10.2 Å². The number of nitrogens with zero attached hydrogens (tertiary/aromatic N) is 1. The first kappa shape index (κ1) is 25.7. The Kier molecular flexibility index (Phi) is 7.07. The maximum absolute atomic E-state index is 12.5. The Labute approximate surface area is 218 Å². The summed E-state index contributed by atoms with van der Waals surface area (Å²) in [5.41, 5.74) is 6.27. The summed E-state index contributed by atoms with van der Waals surface area (Å²) < 4.78 is 51.8. The van der Waals surface area contributed by atoms with E-state index < -0.39 is 12.4 Å². The van der Waals surface area contributed by atoms with Crippen LogP contribution >= 0.6 is 0 Å². The molecule has 0 aliphatic carbocycles. The van der Waals surface area contributed by atoms with Crippen LogP contribution in [0.1, 0.15) is 33.9 Å². The molecule has 10 heteroatoms. The lowest BCUT2D eigenvalue weighted by Crippen LogP contribution is -2.39. The zero-order chi connectivity index (χ0) is 26.9. The number of hydrogen-bond acceptors (Lipinski definition) is 5. The summed E-state index contributed by atoms with van der Waals surface area (Å²) in [4.78, 5) is 14.9. The molecule has 0 unspecified atom stereocenters. The maximum Gasteiger partial charge on any atom is 0.573 e. The largest absolute Gasteiger partial charge is 0.573 e. The van der Waals surface area contributed by atoms with E-state index >= 15 is 0 Å². The number of carbonyl (C=O) groups is 1. The van der Waals surface area contributed by atoms with Gasteiger partial charge in [-0.1, -0.05) is 18.2 Å². The molecule has 0 saturated carbocycles. The Hall–Kier alpha value is -3.92. The van der Waals surface area contributed by atoms with Crippen LogP contribution in [0.3, 0.4) is 0 Å². The van der Waals surface area contributed by atoms with Crippen LogP contribution in [0.2, 0.25) is 0 Å². The molecule has 200 valence electrons. The van der Waals surface area contributed by atoms with Crippen LogP contribution in [-0.4, -0.2) is 38.1 Å². The number of anilines is 1. The number of fused-ring (bicyclic) bond motifs is 4. The van der Waals surface area contributed by atoms with Crippen LogP contribution in [-0.2, 0) is 25.9 Å². The molecule has 2 N–H and O–H groups in total. The van der Waals surface area contributed by atoms with Gasteiger partial charge in [0.15, 0.2) is 11.5 Å². The van der Waals surface area contributed by atoms with E-state index in [1.165, 1.54) is 46.5 Å². The monoisotopic (exact) mass is 527 g/mol. The molecule has 38 heavy (non-hydrogen) atoms. The number of ether oxygens (including phenoxy) is 3. The van der Waals surface area contributed by atoms with Gasteiger partial charge in [-0.05, 0) is 77.1 Å². The molecular formula is C28H28F3N3O4. The minimum atomic E-state index is -4.74. The SMILES string of the molecule is COc1cc2c(cc1OC)[C@H]1Cc3ccc(NC(=O)NCc4ccc(OC(F)(F)F)cc4)cc3CN1CC2. The number of methoxy groups -OCH3 is 2. The van der Waals surface area contributed by atoms with E-state index in [-0.39, 0.29) is 18.3 Å². The predicted molar refractivity (Wildman–Crippen MR) is 136 cm³/mol. The molecule has 0 saturated heterocycles. The van der Waals surface area contributed by atoms with E-state index in [0.29, 0.717) is 11.3 Å². The van der Waals surface area contributed by atoms with Crippen molar-refractivity contribution in [3.05, 3.63) is 82.4 Å². The molecule has 0 radical (unpaired) electrons. The molecule has 2 aliphatic rings. The average Bonchev–Trinajstić information content (AvgIpc) is 2.89. The highest BCUT2D eigenvalue weighted by Gasteiger charge is 2.33. The lowest BCUT2D eigenvalue weighted by molar-refractivity contribution is -0.274. The van der Waals surface area contributed by atoms with Gasteiger partial charge < -0.3 is 24.8 Å². The number of rotatable bonds is 6. The van der Waals surface area contributed by atoms with Crippen molar-refractivity contribution in [1.29, 1.82) is 0 Å². The third-order valence-electron chi connectivity index (χ3n) is 6.97. The van der Waals surface area contributed by atoms with Gasteiger partial charge in [0.2, 0.25) is 0 Å². The highest BCUT2D eigenvalue weighted by molar-refractivity contribution is 5.89. The summed E-state index contributed by atoms with van der Waals surface area (Å²) in [5, 5.41) is 5.57. The number of amides is 2. The molecule has 0 spiro atoms. The molecule has 1 atom stereocenters. The molecule has 0 bridgehead atoms. The summed E-state index contributed by atoms with van der Waals surface area (Å²) in [6.07, 6.45) is -2.96. The average molecular weight is 528 g/mol. The van der Waals surface area contributed by atoms with Crippen LogP contribution in [0, 0.1) is 0 Å². The minimum absolute atomic E-state index is 0.159. The summed E-state index contributed by atoms with van der Waals surface area (Å²) in [7, 11) is 3.30. The van der Waals surface area contributed by atoms with Crippen molar-refractivity contribution in [2.24, 2.45) is 0 Å². The van der Waals surface area contributed by atoms with Gasteiger partial charge in [0.25, 0.3) is 0 Å². The Morgan fingerprint density at radius 2 is 1.71 bits per heavy atom. The van der Waals surface area contributed by atoms with Gasteiger partial charge in [0.05, 0.1) is 14.2 Å². The highest BCUT2D eigenvalue weighted by Crippen LogP contribution is 2.42. The van der Waals surface area contributed by atoms with Crippen molar-refractivity contribution in [3.8, 4) is 17.2 Å². The molecule has 2 aliphatic heterocycles. The van der Waals surface area contributed by atoms with Gasteiger partial charge in [-0.25, -0.2) is 4.79 Å². The van der Waals surface area contributed by atoms with E-state index in [1.54, 1.807) is 14.2 Å². The highest BCUT2D eigenvalue weighted by atomic mass is 19.4. The molecule has 2 amide bonds. The molecule has 3 aromatic carbocycles. The van der Waals surface area contributed by atoms with Gasteiger partial charge in [0, 0.05) is 31.4 Å². The smallest absolute Gasteiger partial charge is 0.493 e. The van der Waals surface area contributed by atoms with E-state index in [1.807, 2.05) is 12.1 Å². The van der Waals surface area contributed by atoms with Gasteiger partial charge in [-0.2, -0.15) is 0 Å². The Morgan fingerprint density at radius 3 is 2.42 bits per heavy atom. The summed E-state index contributed by atoms with van der Waals surface area (Å²) in [6.45, 7) is 1.86. The van der Waals surface area contributed by atoms with E-state index in [9.17, 15) is 18.0 Å². The van der Waals surface area contributed by atoms with Crippen molar-refractivity contribution < 1.29 is 32.2 Å². The van der Waals surface area contributed by atoms with Crippen LogP contribution < -0.4 is 24.8 Å². The number of hydrogen-bond donors (Lipinski definition) is 2. The fraction of sp³-hybridized carbons (Fsp3) is 0.321. The third kappa shape index (κ3) is 5.65. The van der Waals surface area contributed by atoms with Gasteiger partial charge in [-0.15, -0.1) is 13.2 Å². The van der Waals surface area contributed by atoms with Gasteiger partial charge in [-0.3, -0.25) is 4.90 Å². The number of benzene rings is 3. The summed E-state index contributed by atoms with van der Waals surface area (Å²) in [5.74, 6) is 1.17. The predicted octanol–water partition coefficient (Wildman–Crippen LogP) is 5.58. The number of urea groups is 1. The second-order valence-electron chi connectivity index (χ2n) is 9.33. The number of alkyl halides is 3. The van der Waals surface area contributed by atoms with Crippen molar-refractivity contribution >= 4 is 11.7 Å². The van der Waals surface area contributed by atoms with Crippen molar-refractivity contribution in [2.75, 3.05) is 26.1 Å². The summed E-state index contributed by atoms with van der Waals surface area (Å²) >= 11 is 0. The lowest BCUT2D eigenvalue weighted by atomic mass is 9.83. The van der Waals surface area contributed by atoms with Crippen LogP contribution in [0.5, 0.6) is 17.2 Å². The number of carbonyl (C=O) groups excluding carboxylic acids is 1. The third-order valence-corrected chi connectivity index (χ3v) is 6.97. The van der Waals surface area contributed by atoms with Crippen molar-refractivity contribution in [2.45, 2.75) is 38.3 Å². The first-order valence-corrected chi connectivity index (χ1v) is 12.2. The van der Waals surface area contributed by atoms with Crippen molar-refractivity contribution in [3.63, 3.8) is 0 Å².